The molecule has 0 unspecified atom stereocenters. The third-order valence-corrected chi connectivity index (χ3v) is 3.48. The summed E-state index contributed by atoms with van der Waals surface area (Å²) in [6, 6.07) is 0. The van der Waals surface area contributed by atoms with Crippen molar-refractivity contribution in [3.63, 3.8) is 0 Å². The van der Waals surface area contributed by atoms with Gasteiger partial charge in [-0.1, -0.05) is 52.4 Å². The Bertz CT molecular complexity index is 428. The number of ether oxygens (including phenoxy) is 3. The van der Waals surface area contributed by atoms with E-state index in [4.69, 9.17) is 14.2 Å². The van der Waals surface area contributed by atoms with Crippen molar-refractivity contribution < 1.29 is 28.6 Å². The Morgan fingerprint density at radius 1 is 0.760 bits per heavy atom. The van der Waals surface area contributed by atoms with Gasteiger partial charge in [0.05, 0.1) is 13.2 Å². The standard InChI is InChI=1S/C19H32O6/c1-4-6-8-10-12-23-17(20)14-16(3)19(22)25-15-18(21)24-13-11-9-7-5-2/h14H,4-13,15H2,1-3H3/b16-14-. The smallest absolute Gasteiger partial charge is 0.344 e. The number of unbranched alkanes of at least 4 members (excludes halogenated alkanes) is 6. The zero-order valence-electron chi connectivity index (χ0n) is 15.8. The van der Waals surface area contributed by atoms with Crippen molar-refractivity contribution in [1.82, 2.24) is 0 Å². The fraction of sp³-hybridized carbons (Fsp3) is 0.737. The SMILES string of the molecule is CCCCCCOC(=O)/C=C(/C)C(=O)OCC(=O)OCCCCCC. The van der Waals surface area contributed by atoms with Crippen LogP contribution in [0.4, 0.5) is 0 Å². The molecule has 6 nitrogen and oxygen atoms in total. The van der Waals surface area contributed by atoms with Crippen LogP contribution in [-0.4, -0.2) is 37.7 Å². The van der Waals surface area contributed by atoms with Crippen LogP contribution in [-0.2, 0) is 28.6 Å². The Labute approximate surface area is 150 Å². The summed E-state index contributed by atoms with van der Waals surface area (Å²) in [6.45, 7) is 5.85. The highest BCUT2D eigenvalue weighted by atomic mass is 16.6. The molecule has 0 spiro atoms. The summed E-state index contributed by atoms with van der Waals surface area (Å²) < 4.78 is 14.8. The van der Waals surface area contributed by atoms with Gasteiger partial charge in [0, 0.05) is 11.6 Å². The van der Waals surface area contributed by atoms with Gasteiger partial charge in [-0.05, 0) is 19.8 Å². The molecule has 0 aromatic heterocycles. The average molecular weight is 356 g/mol. The minimum Gasteiger partial charge on any atom is -0.463 e. The Hall–Kier alpha value is -1.85. The van der Waals surface area contributed by atoms with Crippen molar-refractivity contribution in [2.75, 3.05) is 19.8 Å². The van der Waals surface area contributed by atoms with Crippen LogP contribution >= 0.6 is 0 Å². The van der Waals surface area contributed by atoms with Crippen molar-refractivity contribution in [2.24, 2.45) is 0 Å². The first-order valence-corrected chi connectivity index (χ1v) is 9.19. The van der Waals surface area contributed by atoms with Crippen molar-refractivity contribution in [3.8, 4) is 0 Å². The van der Waals surface area contributed by atoms with Crippen molar-refractivity contribution in [1.29, 1.82) is 0 Å². The Balaban J connectivity index is 3.91. The Morgan fingerprint density at radius 3 is 1.88 bits per heavy atom. The van der Waals surface area contributed by atoms with Crippen LogP contribution < -0.4 is 0 Å². The van der Waals surface area contributed by atoms with E-state index in [0.717, 1.165) is 57.4 Å². The minimum atomic E-state index is -0.731. The van der Waals surface area contributed by atoms with E-state index in [-0.39, 0.29) is 5.57 Å². The molecule has 0 aromatic carbocycles. The zero-order chi connectivity index (χ0) is 18.9. The second kappa shape index (κ2) is 15.7. The Kier molecular flexibility index (Phi) is 14.5. The second-order valence-electron chi connectivity index (χ2n) is 5.91. The molecule has 0 aliphatic heterocycles. The van der Waals surface area contributed by atoms with Gasteiger partial charge in [-0.3, -0.25) is 0 Å². The molecule has 0 heterocycles. The van der Waals surface area contributed by atoms with Gasteiger partial charge in [0.25, 0.3) is 0 Å². The van der Waals surface area contributed by atoms with Gasteiger partial charge in [-0.25, -0.2) is 14.4 Å². The fourth-order valence-electron chi connectivity index (χ4n) is 1.97. The first-order chi connectivity index (χ1) is 12.0. The van der Waals surface area contributed by atoms with Crippen LogP contribution in [0.3, 0.4) is 0 Å². The number of rotatable bonds is 14. The lowest BCUT2D eigenvalue weighted by Gasteiger charge is -2.06. The monoisotopic (exact) mass is 356 g/mol. The highest BCUT2D eigenvalue weighted by molar-refractivity contribution is 5.96. The Morgan fingerprint density at radius 2 is 1.32 bits per heavy atom. The van der Waals surface area contributed by atoms with Crippen molar-refractivity contribution >= 4 is 17.9 Å². The van der Waals surface area contributed by atoms with Gasteiger partial charge in [0.1, 0.15) is 0 Å². The molecule has 0 bridgehead atoms. The molecule has 0 fully saturated rings. The number of carbonyl (C=O) groups is 3. The predicted molar refractivity (Wildman–Crippen MR) is 94.9 cm³/mol. The topological polar surface area (TPSA) is 78.9 Å². The van der Waals surface area contributed by atoms with Crippen molar-refractivity contribution in [3.05, 3.63) is 11.6 Å². The van der Waals surface area contributed by atoms with Crippen LogP contribution in [0, 0.1) is 0 Å². The van der Waals surface area contributed by atoms with Gasteiger partial charge < -0.3 is 14.2 Å². The van der Waals surface area contributed by atoms with E-state index in [2.05, 4.69) is 13.8 Å². The fourth-order valence-corrected chi connectivity index (χ4v) is 1.97. The first kappa shape index (κ1) is 23.1. The largest absolute Gasteiger partial charge is 0.463 e. The maximum atomic E-state index is 11.7. The highest BCUT2D eigenvalue weighted by Crippen LogP contribution is 2.02. The number of carbonyl (C=O) groups excluding carboxylic acids is 3. The molecule has 0 aliphatic rings. The lowest BCUT2D eigenvalue weighted by atomic mass is 10.2. The zero-order valence-corrected chi connectivity index (χ0v) is 15.8. The maximum absolute atomic E-state index is 11.7. The molecule has 6 heteroatoms. The first-order valence-electron chi connectivity index (χ1n) is 9.19. The summed E-state index contributed by atoms with van der Waals surface area (Å²) in [7, 11) is 0. The summed E-state index contributed by atoms with van der Waals surface area (Å²) in [5.74, 6) is -1.90. The number of hydrogen-bond donors (Lipinski definition) is 0. The predicted octanol–water partition coefficient (Wildman–Crippen LogP) is 3.72. The van der Waals surface area contributed by atoms with E-state index < -0.39 is 24.5 Å². The molecule has 0 radical (unpaired) electrons. The molecule has 0 saturated heterocycles. The van der Waals surface area contributed by atoms with Gasteiger partial charge in [-0.2, -0.15) is 0 Å². The number of hydrogen-bond acceptors (Lipinski definition) is 6. The molecule has 0 rings (SSSR count). The van der Waals surface area contributed by atoms with Crippen LogP contribution in [0.15, 0.2) is 11.6 Å². The molecular weight excluding hydrogens is 324 g/mol. The van der Waals surface area contributed by atoms with E-state index in [1.807, 2.05) is 0 Å². The summed E-state index contributed by atoms with van der Waals surface area (Å²) in [4.78, 5) is 34.7. The van der Waals surface area contributed by atoms with E-state index in [1.54, 1.807) is 0 Å². The van der Waals surface area contributed by atoms with Crippen molar-refractivity contribution in [2.45, 2.75) is 72.1 Å². The van der Waals surface area contributed by atoms with Gasteiger partial charge in [0.2, 0.25) is 0 Å². The third-order valence-electron chi connectivity index (χ3n) is 3.48. The van der Waals surface area contributed by atoms with Crippen LogP contribution in [0.2, 0.25) is 0 Å². The lowest BCUT2D eigenvalue weighted by Crippen LogP contribution is -2.18. The average Bonchev–Trinajstić information content (AvgIpc) is 2.59. The quantitative estimate of drug-likeness (QED) is 0.204. The van der Waals surface area contributed by atoms with Gasteiger partial charge in [0.15, 0.2) is 6.61 Å². The molecule has 0 saturated carbocycles. The van der Waals surface area contributed by atoms with Crippen LogP contribution in [0.5, 0.6) is 0 Å². The number of esters is 3. The van der Waals surface area contributed by atoms with Gasteiger partial charge in [-0.15, -0.1) is 0 Å². The maximum Gasteiger partial charge on any atom is 0.344 e. The van der Waals surface area contributed by atoms with E-state index in [0.29, 0.717) is 13.2 Å². The van der Waals surface area contributed by atoms with Crippen LogP contribution in [0.25, 0.3) is 0 Å². The van der Waals surface area contributed by atoms with E-state index in [9.17, 15) is 14.4 Å². The molecule has 25 heavy (non-hydrogen) atoms. The molecular formula is C19H32O6. The molecule has 0 aliphatic carbocycles. The summed E-state index contributed by atoms with van der Waals surface area (Å²) >= 11 is 0. The van der Waals surface area contributed by atoms with E-state index >= 15 is 0 Å². The lowest BCUT2D eigenvalue weighted by molar-refractivity contribution is -0.156. The third kappa shape index (κ3) is 14.2. The minimum absolute atomic E-state index is 0.0919. The second-order valence-corrected chi connectivity index (χ2v) is 5.91. The van der Waals surface area contributed by atoms with Crippen LogP contribution in [0.1, 0.15) is 72.1 Å². The van der Waals surface area contributed by atoms with Gasteiger partial charge >= 0.3 is 17.9 Å². The summed E-state index contributed by atoms with van der Waals surface area (Å²) in [5, 5.41) is 0. The molecule has 0 aromatic rings. The molecule has 0 atom stereocenters. The highest BCUT2D eigenvalue weighted by Gasteiger charge is 2.12. The summed E-state index contributed by atoms with van der Waals surface area (Å²) in [5.41, 5.74) is 0.0919. The normalized spacial score (nSPS) is 11.1. The van der Waals surface area contributed by atoms with E-state index in [1.165, 1.54) is 6.92 Å². The molecule has 0 N–H and O–H groups in total. The summed E-state index contributed by atoms with van der Waals surface area (Å²) in [6.07, 6.45) is 9.13. The molecule has 0 amide bonds. The molecule has 144 valence electrons.